The summed E-state index contributed by atoms with van der Waals surface area (Å²) in [4.78, 5) is 15.4. The van der Waals surface area contributed by atoms with Crippen LogP contribution < -0.4 is 14.8 Å². The molecule has 7 heteroatoms. The summed E-state index contributed by atoms with van der Waals surface area (Å²) in [6.07, 6.45) is 0. The molecule has 1 saturated heterocycles. The first-order valence-electron chi connectivity index (χ1n) is 8.58. The summed E-state index contributed by atoms with van der Waals surface area (Å²) >= 11 is 1.44. The van der Waals surface area contributed by atoms with E-state index in [0.29, 0.717) is 31.3 Å². The van der Waals surface area contributed by atoms with Crippen LogP contribution in [0.3, 0.4) is 0 Å². The topological polar surface area (TPSA) is 60.0 Å². The average Bonchev–Trinajstić information content (AvgIpc) is 3.23. The lowest BCUT2D eigenvalue weighted by Gasteiger charge is -2.35. The van der Waals surface area contributed by atoms with Crippen LogP contribution in [0, 0.1) is 0 Å². The third kappa shape index (κ3) is 4.35. The molecule has 0 saturated carbocycles. The number of ether oxygens (including phenoxy) is 3. The van der Waals surface area contributed by atoms with E-state index in [1.54, 1.807) is 14.2 Å². The van der Waals surface area contributed by atoms with E-state index in [1.807, 2.05) is 35.7 Å². The first-order chi connectivity index (χ1) is 12.7. The standard InChI is InChI=1S/C19H24N2O4S/c1-23-16-6-5-14(12-17(16)24-2)15(21-7-9-25-10-8-21)13-20-19(22)18-4-3-11-26-18/h3-6,11-12,15H,7-10,13H2,1-2H3,(H,20,22). The van der Waals surface area contributed by atoms with Gasteiger partial charge >= 0.3 is 0 Å². The minimum atomic E-state index is -0.0428. The van der Waals surface area contributed by atoms with E-state index in [-0.39, 0.29) is 11.9 Å². The number of benzene rings is 1. The lowest BCUT2D eigenvalue weighted by atomic mass is 10.0. The number of amides is 1. The number of thiophene rings is 1. The third-order valence-corrected chi connectivity index (χ3v) is 5.35. The fraction of sp³-hybridized carbons (Fsp3) is 0.421. The Bertz CT molecular complexity index is 714. The van der Waals surface area contributed by atoms with Crippen LogP contribution in [-0.4, -0.2) is 57.9 Å². The normalized spacial score (nSPS) is 16.1. The molecule has 1 aromatic heterocycles. The van der Waals surface area contributed by atoms with Crippen molar-refractivity contribution in [2.24, 2.45) is 0 Å². The second-order valence-corrected chi connectivity index (χ2v) is 6.91. The highest BCUT2D eigenvalue weighted by Crippen LogP contribution is 2.32. The molecule has 26 heavy (non-hydrogen) atoms. The van der Waals surface area contributed by atoms with E-state index < -0.39 is 0 Å². The maximum Gasteiger partial charge on any atom is 0.261 e. The minimum absolute atomic E-state index is 0.0428. The molecule has 6 nitrogen and oxygen atoms in total. The second kappa shape index (κ2) is 9.02. The van der Waals surface area contributed by atoms with Crippen molar-refractivity contribution in [2.75, 3.05) is 47.1 Å². The maximum absolute atomic E-state index is 12.4. The molecule has 2 heterocycles. The molecule has 1 unspecified atom stereocenters. The van der Waals surface area contributed by atoms with Gasteiger partial charge in [0, 0.05) is 19.6 Å². The van der Waals surface area contributed by atoms with Gasteiger partial charge in [0.05, 0.1) is 38.4 Å². The van der Waals surface area contributed by atoms with Gasteiger partial charge in [0.2, 0.25) is 0 Å². The molecule has 2 aromatic rings. The van der Waals surface area contributed by atoms with Crippen LogP contribution in [0.5, 0.6) is 11.5 Å². The van der Waals surface area contributed by atoms with Crippen molar-refractivity contribution < 1.29 is 19.0 Å². The van der Waals surface area contributed by atoms with E-state index in [1.165, 1.54) is 11.3 Å². The SMILES string of the molecule is COc1ccc(C(CNC(=O)c2cccs2)N2CCOCC2)cc1OC. The zero-order valence-electron chi connectivity index (χ0n) is 15.1. The van der Waals surface area contributed by atoms with Crippen molar-refractivity contribution in [3.05, 3.63) is 46.2 Å². The molecule has 1 atom stereocenters. The van der Waals surface area contributed by atoms with Gasteiger partial charge in [-0.05, 0) is 29.1 Å². The summed E-state index contributed by atoms with van der Waals surface area (Å²) in [5.74, 6) is 1.34. The van der Waals surface area contributed by atoms with Crippen molar-refractivity contribution in [1.29, 1.82) is 0 Å². The molecular formula is C19H24N2O4S. The Morgan fingerprint density at radius 3 is 2.65 bits per heavy atom. The van der Waals surface area contributed by atoms with Crippen molar-refractivity contribution in [3.63, 3.8) is 0 Å². The van der Waals surface area contributed by atoms with Crippen molar-refractivity contribution in [2.45, 2.75) is 6.04 Å². The highest BCUT2D eigenvalue weighted by molar-refractivity contribution is 7.12. The van der Waals surface area contributed by atoms with Crippen LogP contribution >= 0.6 is 11.3 Å². The van der Waals surface area contributed by atoms with Gasteiger partial charge in [-0.25, -0.2) is 0 Å². The quantitative estimate of drug-likeness (QED) is 0.805. The first-order valence-corrected chi connectivity index (χ1v) is 9.46. The van der Waals surface area contributed by atoms with Crippen LogP contribution in [0.15, 0.2) is 35.7 Å². The number of nitrogens with one attached hydrogen (secondary N) is 1. The van der Waals surface area contributed by atoms with Crippen molar-refractivity contribution in [3.8, 4) is 11.5 Å². The van der Waals surface area contributed by atoms with Gasteiger partial charge < -0.3 is 19.5 Å². The Morgan fingerprint density at radius 1 is 1.23 bits per heavy atom. The van der Waals surface area contributed by atoms with Gasteiger partial charge in [-0.3, -0.25) is 9.69 Å². The van der Waals surface area contributed by atoms with Crippen LogP contribution in [0.2, 0.25) is 0 Å². The summed E-state index contributed by atoms with van der Waals surface area (Å²) in [6.45, 7) is 3.57. The summed E-state index contributed by atoms with van der Waals surface area (Å²) < 4.78 is 16.3. The summed E-state index contributed by atoms with van der Waals surface area (Å²) in [6, 6.07) is 9.67. The first kappa shape index (κ1) is 18.7. The maximum atomic E-state index is 12.4. The largest absolute Gasteiger partial charge is 0.493 e. The Kier molecular flexibility index (Phi) is 6.49. The molecule has 1 fully saturated rings. The Morgan fingerprint density at radius 2 is 2.00 bits per heavy atom. The monoisotopic (exact) mass is 376 g/mol. The van der Waals surface area contributed by atoms with Gasteiger partial charge in [-0.2, -0.15) is 0 Å². The van der Waals surface area contributed by atoms with Gasteiger partial charge in [0.25, 0.3) is 5.91 Å². The smallest absolute Gasteiger partial charge is 0.261 e. The molecule has 1 aliphatic rings. The summed E-state index contributed by atoms with van der Waals surface area (Å²) in [5, 5.41) is 4.97. The molecule has 1 amide bonds. The average molecular weight is 376 g/mol. The van der Waals surface area contributed by atoms with E-state index in [9.17, 15) is 4.79 Å². The second-order valence-electron chi connectivity index (χ2n) is 5.97. The van der Waals surface area contributed by atoms with Crippen LogP contribution in [0.25, 0.3) is 0 Å². The number of hydrogen-bond donors (Lipinski definition) is 1. The number of carbonyl (C=O) groups excluding carboxylic acids is 1. The van der Waals surface area contributed by atoms with Gasteiger partial charge in [0.15, 0.2) is 11.5 Å². The Balaban J connectivity index is 1.79. The fourth-order valence-corrected chi connectivity index (χ4v) is 3.73. The highest BCUT2D eigenvalue weighted by atomic mass is 32.1. The number of carbonyl (C=O) groups is 1. The minimum Gasteiger partial charge on any atom is -0.493 e. The molecule has 0 spiro atoms. The number of morpholine rings is 1. The zero-order chi connectivity index (χ0) is 18.4. The predicted molar refractivity (Wildman–Crippen MR) is 101 cm³/mol. The van der Waals surface area contributed by atoms with Crippen molar-refractivity contribution in [1.82, 2.24) is 10.2 Å². The molecule has 140 valence electrons. The highest BCUT2D eigenvalue weighted by Gasteiger charge is 2.24. The van der Waals surface area contributed by atoms with Crippen LogP contribution in [0.4, 0.5) is 0 Å². The Labute approximate surface area is 157 Å². The lowest BCUT2D eigenvalue weighted by Crippen LogP contribution is -2.43. The molecular weight excluding hydrogens is 352 g/mol. The summed E-state index contributed by atoms with van der Waals surface area (Å²) in [7, 11) is 3.25. The lowest BCUT2D eigenvalue weighted by molar-refractivity contribution is 0.0162. The fourth-order valence-electron chi connectivity index (χ4n) is 3.09. The van der Waals surface area contributed by atoms with Gasteiger partial charge in [0.1, 0.15) is 0 Å². The number of nitrogens with zero attached hydrogens (tertiary/aromatic N) is 1. The molecule has 1 aliphatic heterocycles. The van der Waals surface area contributed by atoms with Gasteiger partial charge in [-0.1, -0.05) is 12.1 Å². The number of methoxy groups -OCH3 is 2. The van der Waals surface area contributed by atoms with Crippen LogP contribution in [0.1, 0.15) is 21.3 Å². The molecule has 1 N–H and O–H groups in total. The molecule has 0 bridgehead atoms. The molecule has 0 aliphatic carbocycles. The van der Waals surface area contributed by atoms with E-state index in [4.69, 9.17) is 14.2 Å². The molecule has 3 rings (SSSR count). The predicted octanol–water partition coefficient (Wildman–Crippen LogP) is 2.57. The van der Waals surface area contributed by atoms with Crippen molar-refractivity contribution >= 4 is 17.2 Å². The Hall–Kier alpha value is -2.09. The number of rotatable bonds is 7. The van der Waals surface area contributed by atoms with E-state index >= 15 is 0 Å². The molecule has 1 aromatic carbocycles. The van der Waals surface area contributed by atoms with Gasteiger partial charge in [-0.15, -0.1) is 11.3 Å². The molecule has 0 radical (unpaired) electrons. The van der Waals surface area contributed by atoms with Crippen LogP contribution in [-0.2, 0) is 4.74 Å². The van der Waals surface area contributed by atoms with E-state index in [0.717, 1.165) is 23.5 Å². The number of hydrogen-bond acceptors (Lipinski definition) is 6. The zero-order valence-corrected chi connectivity index (χ0v) is 15.9. The van der Waals surface area contributed by atoms with E-state index in [2.05, 4.69) is 10.2 Å². The third-order valence-electron chi connectivity index (χ3n) is 4.48. The summed E-state index contributed by atoms with van der Waals surface area (Å²) in [5.41, 5.74) is 1.08.